The Balaban J connectivity index is 0.000000168. The Morgan fingerprint density at radius 3 is 2.35 bits per heavy atom. The van der Waals surface area contributed by atoms with Gasteiger partial charge in [0.1, 0.15) is 11.4 Å². The van der Waals surface area contributed by atoms with Gasteiger partial charge < -0.3 is 15.3 Å². The average Bonchev–Trinajstić information content (AvgIpc) is 3.02. The number of benzene rings is 1. The maximum absolute atomic E-state index is 10.2. The van der Waals surface area contributed by atoms with Gasteiger partial charge in [-0.2, -0.15) is 5.10 Å². The van der Waals surface area contributed by atoms with Gasteiger partial charge in [0.2, 0.25) is 0 Å². The number of carboxylic acids is 1. The maximum atomic E-state index is 10.2. The van der Waals surface area contributed by atoms with Crippen molar-refractivity contribution in [1.82, 2.24) is 10.2 Å². The molecular formula is C16H14N2O4S. The van der Waals surface area contributed by atoms with E-state index in [1.165, 1.54) is 11.3 Å². The number of aliphatic hydroxyl groups excluding tert-OH is 1. The van der Waals surface area contributed by atoms with E-state index in [4.69, 9.17) is 10.2 Å². The van der Waals surface area contributed by atoms with E-state index < -0.39 is 12.1 Å². The second-order valence-corrected chi connectivity index (χ2v) is 5.31. The molecule has 23 heavy (non-hydrogen) atoms. The standard InChI is InChI=1S/C8H6N2OS.C8H8O3/c11-7-3-5-12-8(7)6-2-1-4-9-10-6;9-7(8(10)11)6-4-2-1-3-5-6/h1-5,11H;1-5,7,9H,(H,10,11). The van der Waals surface area contributed by atoms with Crippen LogP contribution in [0.4, 0.5) is 0 Å². The molecule has 1 aromatic carbocycles. The fourth-order valence-electron chi connectivity index (χ4n) is 1.69. The van der Waals surface area contributed by atoms with Crippen molar-refractivity contribution in [2.75, 3.05) is 0 Å². The van der Waals surface area contributed by atoms with Gasteiger partial charge in [0.05, 0.1) is 4.88 Å². The number of aliphatic carboxylic acids is 1. The molecule has 118 valence electrons. The third-order valence-corrected chi connectivity index (χ3v) is 3.72. The van der Waals surface area contributed by atoms with Crippen LogP contribution in [0.5, 0.6) is 5.75 Å². The highest BCUT2D eigenvalue weighted by Gasteiger charge is 2.14. The first-order valence-corrected chi connectivity index (χ1v) is 7.48. The van der Waals surface area contributed by atoms with Crippen LogP contribution in [0.3, 0.4) is 0 Å². The Labute approximate surface area is 136 Å². The molecule has 0 bridgehead atoms. The van der Waals surface area contributed by atoms with Crippen molar-refractivity contribution in [3.8, 4) is 16.3 Å². The first kappa shape index (κ1) is 16.6. The van der Waals surface area contributed by atoms with Crippen molar-refractivity contribution in [2.45, 2.75) is 6.10 Å². The number of carboxylic acid groups (broad SMARTS) is 1. The molecule has 0 saturated carbocycles. The summed E-state index contributed by atoms with van der Waals surface area (Å²) in [5.74, 6) is -0.961. The summed E-state index contributed by atoms with van der Waals surface area (Å²) in [5.41, 5.74) is 1.12. The largest absolute Gasteiger partial charge is 0.506 e. The summed E-state index contributed by atoms with van der Waals surface area (Å²) < 4.78 is 0. The summed E-state index contributed by atoms with van der Waals surface area (Å²) in [4.78, 5) is 11.0. The lowest BCUT2D eigenvalue weighted by Crippen LogP contribution is -2.09. The van der Waals surface area contributed by atoms with E-state index in [1.807, 2.05) is 11.4 Å². The zero-order valence-electron chi connectivity index (χ0n) is 11.9. The summed E-state index contributed by atoms with van der Waals surface area (Å²) in [5, 5.41) is 36.2. The van der Waals surface area contributed by atoms with E-state index in [1.54, 1.807) is 48.7 Å². The highest BCUT2D eigenvalue weighted by molar-refractivity contribution is 7.13. The predicted octanol–water partition coefficient (Wildman–Crippen LogP) is 2.72. The zero-order valence-corrected chi connectivity index (χ0v) is 12.7. The molecule has 1 atom stereocenters. The minimum Gasteiger partial charge on any atom is -0.506 e. The van der Waals surface area contributed by atoms with Gasteiger partial charge in [-0.15, -0.1) is 16.4 Å². The molecule has 0 fully saturated rings. The second kappa shape index (κ2) is 8.02. The molecule has 3 rings (SSSR count). The second-order valence-electron chi connectivity index (χ2n) is 4.40. The molecule has 3 aromatic rings. The first-order chi connectivity index (χ1) is 11.1. The van der Waals surface area contributed by atoms with Gasteiger partial charge in [-0.25, -0.2) is 4.79 Å². The third kappa shape index (κ3) is 4.60. The van der Waals surface area contributed by atoms with Gasteiger partial charge in [-0.3, -0.25) is 0 Å². The van der Waals surface area contributed by atoms with Crippen molar-refractivity contribution < 1.29 is 20.1 Å². The minimum absolute atomic E-state index is 0.264. The summed E-state index contributed by atoms with van der Waals surface area (Å²) in [7, 11) is 0. The Morgan fingerprint density at radius 2 is 1.83 bits per heavy atom. The summed E-state index contributed by atoms with van der Waals surface area (Å²) >= 11 is 1.45. The lowest BCUT2D eigenvalue weighted by Gasteiger charge is -2.03. The van der Waals surface area contributed by atoms with Crippen LogP contribution in [0.2, 0.25) is 0 Å². The molecule has 2 heterocycles. The Bertz CT molecular complexity index is 747. The Hall–Kier alpha value is -2.77. The molecular weight excluding hydrogens is 316 g/mol. The number of nitrogens with zero attached hydrogens (tertiary/aromatic N) is 2. The molecule has 0 aliphatic heterocycles. The van der Waals surface area contributed by atoms with Crippen LogP contribution in [0.1, 0.15) is 11.7 Å². The topological polar surface area (TPSA) is 104 Å². The van der Waals surface area contributed by atoms with Crippen LogP contribution in [0.25, 0.3) is 10.6 Å². The number of aromatic hydroxyl groups is 1. The number of hydrogen-bond donors (Lipinski definition) is 3. The molecule has 7 heteroatoms. The van der Waals surface area contributed by atoms with Crippen molar-refractivity contribution >= 4 is 17.3 Å². The minimum atomic E-state index is -1.41. The fraction of sp³-hybridized carbons (Fsp3) is 0.0625. The van der Waals surface area contributed by atoms with Crippen LogP contribution in [0, 0.1) is 0 Å². The number of thiophene rings is 1. The lowest BCUT2D eigenvalue weighted by atomic mass is 10.1. The van der Waals surface area contributed by atoms with E-state index in [0.29, 0.717) is 11.3 Å². The van der Waals surface area contributed by atoms with Gasteiger partial charge in [-0.1, -0.05) is 30.3 Å². The van der Waals surface area contributed by atoms with Crippen LogP contribution in [-0.2, 0) is 4.79 Å². The van der Waals surface area contributed by atoms with Crippen LogP contribution < -0.4 is 0 Å². The van der Waals surface area contributed by atoms with Gasteiger partial charge in [0, 0.05) is 6.20 Å². The van der Waals surface area contributed by atoms with Crippen LogP contribution >= 0.6 is 11.3 Å². The number of carbonyl (C=O) groups is 1. The summed E-state index contributed by atoms with van der Waals surface area (Å²) in [6, 6.07) is 13.5. The quantitative estimate of drug-likeness (QED) is 0.682. The van der Waals surface area contributed by atoms with E-state index in [0.717, 1.165) is 4.88 Å². The Kier molecular flexibility index (Phi) is 5.79. The predicted molar refractivity (Wildman–Crippen MR) is 86.0 cm³/mol. The van der Waals surface area contributed by atoms with Crippen LogP contribution in [0.15, 0.2) is 60.1 Å². The number of hydrogen-bond acceptors (Lipinski definition) is 6. The molecule has 3 N–H and O–H groups in total. The van der Waals surface area contributed by atoms with Gasteiger partial charge in [0.25, 0.3) is 0 Å². The molecule has 0 aliphatic carbocycles. The molecule has 0 amide bonds. The number of aromatic nitrogens is 2. The molecule has 2 aromatic heterocycles. The van der Waals surface area contributed by atoms with Gasteiger partial charge in [0.15, 0.2) is 6.10 Å². The lowest BCUT2D eigenvalue weighted by molar-refractivity contribution is -0.146. The summed E-state index contributed by atoms with van der Waals surface area (Å²) in [6.45, 7) is 0. The normalized spacial score (nSPS) is 11.2. The van der Waals surface area contributed by atoms with E-state index >= 15 is 0 Å². The smallest absolute Gasteiger partial charge is 0.337 e. The van der Waals surface area contributed by atoms with E-state index in [2.05, 4.69) is 10.2 Å². The average molecular weight is 330 g/mol. The number of aliphatic hydroxyl groups is 1. The molecule has 6 nitrogen and oxygen atoms in total. The number of rotatable bonds is 3. The van der Waals surface area contributed by atoms with E-state index in [9.17, 15) is 9.90 Å². The molecule has 0 radical (unpaired) electrons. The molecule has 1 unspecified atom stereocenters. The first-order valence-electron chi connectivity index (χ1n) is 6.60. The van der Waals surface area contributed by atoms with Crippen LogP contribution in [-0.4, -0.2) is 31.5 Å². The maximum Gasteiger partial charge on any atom is 0.337 e. The van der Waals surface area contributed by atoms with Crippen molar-refractivity contribution in [1.29, 1.82) is 0 Å². The van der Waals surface area contributed by atoms with Crippen molar-refractivity contribution in [3.05, 3.63) is 65.7 Å². The third-order valence-electron chi connectivity index (χ3n) is 2.80. The van der Waals surface area contributed by atoms with Crippen molar-refractivity contribution in [2.24, 2.45) is 0 Å². The SMILES string of the molecule is O=C(O)C(O)c1ccccc1.Oc1ccsc1-c1cccnn1. The molecule has 0 aliphatic rings. The highest BCUT2D eigenvalue weighted by atomic mass is 32.1. The zero-order chi connectivity index (χ0) is 16.7. The van der Waals surface area contributed by atoms with Gasteiger partial charge >= 0.3 is 5.97 Å². The fourth-order valence-corrected chi connectivity index (χ4v) is 2.45. The molecule has 0 spiro atoms. The van der Waals surface area contributed by atoms with E-state index in [-0.39, 0.29) is 5.75 Å². The van der Waals surface area contributed by atoms with Crippen molar-refractivity contribution in [3.63, 3.8) is 0 Å². The highest BCUT2D eigenvalue weighted by Crippen LogP contribution is 2.32. The monoisotopic (exact) mass is 330 g/mol. The van der Waals surface area contributed by atoms with Gasteiger partial charge in [-0.05, 0) is 29.1 Å². The molecule has 0 saturated heterocycles. The summed E-state index contributed by atoms with van der Waals surface area (Å²) in [6.07, 6.45) is 0.199. The Morgan fingerprint density at radius 1 is 1.09 bits per heavy atom.